The van der Waals surface area contributed by atoms with Gasteiger partial charge in [-0.1, -0.05) is 18.2 Å². The van der Waals surface area contributed by atoms with E-state index in [0.717, 1.165) is 35.0 Å². The molecule has 0 radical (unpaired) electrons. The van der Waals surface area contributed by atoms with Crippen LogP contribution in [0.25, 0.3) is 0 Å². The molecular weight excluding hydrogens is 322 g/mol. The zero-order valence-corrected chi connectivity index (χ0v) is 15.4. The zero-order chi connectivity index (χ0) is 17.4. The number of benzene rings is 1. The highest BCUT2D eigenvalue weighted by Gasteiger charge is 2.15. The van der Waals surface area contributed by atoms with Crippen LogP contribution in [0.4, 0.5) is 0 Å². The number of aryl methyl sites for hydroxylation is 1. The summed E-state index contributed by atoms with van der Waals surface area (Å²) in [4.78, 5) is 12.4. The summed E-state index contributed by atoms with van der Waals surface area (Å²) in [7, 11) is 1.69. The first-order chi connectivity index (χ1) is 11.6. The van der Waals surface area contributed by atoms with Crippen molar-refractivity contribution >= 4 is 17.5 Å². The lowest BCUT2D eigenvalue weighted by molar-refractivity contribution is 0.102. The van der Waals surface area contributed by atoms with Gasteiger partial charge in [-0.25, -0.2) is 0 Å². The van der Waals surface area contributed by atoms with Crippen LogP contribution in [0, 0.1) is 13.8 Å². The molecule has 0 fully saturated rings. The fraction of sp³-hybridized carbons (Fsp3) is 0.421. The van der Waals surface area contributed by atoms with Crippen LogP contribution >= 0.6 is 11.8 Å². The molecule has 0 aliphatic rings. The lowest BCUT2D eigenvalue weighted by Gasteiger charge is -2.09. The molecule has 0 saturated heterocycles. The lowest BCUT2D eigenvalue weighted by atomic mass is 10.2. The molecule has 0 N–H and O–H groups in total. The minimum absolute atomic E-state index is 0.177. The predicted molar refractivity (Wildman–Crippen MR) is 99.4 cm³/mol. The number of Topliss-reactive ketones (excluding diaryl/α,β-unsaturated/α-hetero) is 1. The third-order valence-electron chi connectivity index (χ3n) is 3.87. The lowest BCUT2D eigenvalue weighted by Crippen LogP contribution is -2.10. The number of ether oxygens (including phenoxy) is 2. The van der Waals surface area contributed by atoms with Crippen molar-refractivity contribution in [1.29, 1.82) is 0 Å². The summed E-state index contributed by atoms with van der Waals surface area (Å²) in [6.07, 6.45) is 0. The van der Waals surface area contributed by atoms with E-state index in [1.807, 2.05) is 50.2 Å². The average molecular weight is 347 g/mol. The quantitative estimate of drug-likeness (QED) is 0.485. The summed E-state index contributed by atoms with van der Waals surface area (Å²) >= 11 is 1.61. The SMILES string of the molecule is COCCn1c(C)cc(C(=O)CSCCOc2ccccc2)c1C. The van der Waals surface area contributed by atoms with Gasteiger partial charge in [-0.2, -0.15) is 11.8 Å². The first kappa shape index (κ1) is 18.6. The number of hydrogen-bond donors (Lipinski definition) is 0. The highest BCUT2D eigenvalue weighted by molar-refractivity contribution is 8.00. The maximum Gasteiger partial charge on any atom is 0.174 e. The number of rotatable bonds is 10. The van der Waals surface area contributed by atoms with Gasteiger partial charge in [0.2, 0.25) is 0 Å². The van der Waals surface area contributed by atoms with Gasteiger partial charge < -0.3 is 14.0 Å². The Morgan fingerprint density at radius 2 is 1.92 bits per heavy atom. The summed E-state index contributed by atoms with van der Waals surface area (Å²) in [6.45, 7) is 6.06. The van der Waals surface area contributed by atoms with Gasteiger partial charge >= 0.3 is 0 Å². The van der Waals surface area contributed by atoms with Gasteiger partial charge in [0.25, 0.3) is 0 Å². The van der Waals surface area contributed by atoms with E-state index in [1.54, 1.807) is 18.9 Å². The van der Waals surface area contributed by atoms with Crippen molar-refractivity contribution in [3.63, 3.8) is 0 Å². The molecule has 2 rings (SSSR count). The zero-order valence-electron chi connectivity index (χ0n) is 14.6. The standard InChI is InChI=1S/C19H25NO3S/c1-15-13-18(16(2)20(15)9-10-22-3)19(21)14-24-12-11-23-17-7-5-4-6-8-17/h4-8,13H,9-12,14H2,1-3H3. The molecule has 4 nitrogen and oxygen atoms in total. The van der Waals surface area contributed by atoms with E-state index >= 15 is 0 Å². The number of carbonyl (C=O) groups excluding carboxylic acids is 1. The summed E-state index contributed by atoms with van der Waals surface area (Å²) in [5, 5.41) is 0. The van der Waals surface area contributed by atoms with E-state index in [0.29, 0.717) is 19.0 Å². The van der Waals surface area contributed by atoms with Crippen LogP contribution < -0.4 is 4.74 Å². The number of carbonyl (C=O) groups is 1. The molecule has 130 valence electrons. The van der Waals surface area contributed by atoms with Crippen molar-refractivity contribution in [3.8, 4) is 5.75 Å². The maximum absolute atomic E-state index is 12.4. The smallest absolute Gasteiger partial charge is 0.174 e. The maximum atomic E-state index is 12.4. The van der Waals surface area contributed by atoms with E-state index < -0.39 is 0 Å². The van der Waals surface area contributed by atoms with E-state index in [1.165, 1.54) is 0 Å². The van der Waals surface area contributed by atoms with Gasteiger partial charge in [-0.3, -0.25) is 4.79 Å². The van der Waals surface area contributed by atoms with Gasteiger partial charge in [0.05, 0.1) is 19.0 Å². The topological polar surface area (TPSA) is 40.5 Å². The molecule has 0 amide bonds. The molecule has 0 bridgehead atoms. The molecule has 0 saturated carbocycles. The Kier molecular flexibility index (Phi) is 7.40. The fourth-order valence-electron chi connectivity index (χ4n) is 2.59. The number of methoxy groups -OCH3 is 1. The van der Waals surface area contributed by atoms with Gasteiger partial charge in [0, 0.05) is 36.4 Å². The molecule has 0 aliphatic carbocycles. The minimum Gasteiger partial charge on any atom is -0.493 e. The Morgan fingerprint density at radius 1 is 1.17 bits per heavy atom. The first-order valence-corrected chi connectivity index (χ1v) is 9.23. The van der Waals surface area contributed by atoms with Crippen LogP contribution in [0.2, 0.25) is 0 Å². The van der Waals surface area contributed by atoms with Gasteiger partial charge in [0.1, 0.15) is 5.75 Å². The van der Waals surface area contributed by atoms with Crippen molar-refractivity contribution in [1.82, 2.24) is 4.57 Å². The molecule has 1 aromatic heterocycles. The predicted octanol–water partition coefficient (Wildman–Crippen LogP) is 3.75. The Labute approximate surface area is 148 Å². The van der Waals surface area contributed by atoms with Gasteiger partial charge in [-0.05, 0) is 32.0 Å². The van der Waals surface area contributed by atoms with Crippen molar-refractivity contribution in [3.05, 3.63) is 53.3 Å². The van der Waals surface area contributed by atoms with Crippen LogP contribution in [-0.4, -0.2) is 42.2 Å². The van der Waals surface area contributed by atoms with Crippen molar-refractivity contribution < 1.29 is 14.3 Å². The van der Waals surface area contributed by atoms with Crippen molar-refractivity contribution in [2.75, 3.05) is 31.8 Å². The molecule has 0 unspecified atom stereocenters. The molecule has 0 aliphatic heterocycles. The van der Waals surface area contributed by atoms with E-state index in [-0.39, 0.29) is 5.78 Å². The van der Waals surface area contributed by atoms with Gasteiger partial charge in [-0.15, -0.1) is 0 Å². The summed E-state index contributed by atoms with van der Waals surface area (Å²) < 4.78 is 12.9. The second-order valence-electron chi connectivity index (χ2n) is 5.57. The third kappa shape index (κ3) is 5.14. The van der Waals surface area contributed by atoms with Crippen molar-refractivity contribution in [2.24, 2.45) is 0 Å². The fourth-order valence-corrected chi connectivity index (χ4v) is 3.27. The summed E-state index contributed by atoms with van der Waals surface area (Å²) in [5.74, 6) is 2.32. The Balaban J connectivity index is 1.78. The molecular formula is C19H25NO3S. The Bertz CT molecular complexity index is 652. The monoisotopic (exact) mass is 347 g/mol. The first-order valence-electron chi connectivity index (χ1n) is 8.08. The second kappa shape index (κ2) is 9.55. The van der Waals surface area contributed by atoms with Crippen LogP contribution in [0.15, 0.2) is 36.4 Å². The second-order valence-corrected chi connectivity index (χ2v) is 6.67. The number of thioether (sulfide) groups is 1. The molecule has 1 aromatic carbocycles. The summed E-state index contributed by atoms with van der Waals surface area (Å²) in [6, 6.07) is 11.7. The van der Waals surface area contributed by atoms with Crippen LogP contribution in [-0.2, 0) is 11.3 Å². The van der Waals surface area contributed by atoms with Crippen molar-refractivity contribution in [2.45, 2.75) is 20.4 Å². The largest absolute Gasteiger partial charge is 0.493 e. The molecule has 2 aromatic rings. The van der Waals surface area contributed by atoms with Gasteiger partial charge in [0.15, 0.2) is 5.78 Å². The normalized spacial score (nSPS) is 10.8. The summed E-state index contributed by atoms with van der Waals surface area (Å²) in [5.41, 5.74) is 2.95. The molecule has 0 spiro atoms. The molecule has 1 heterocycles. The Morgan fingerprint density at radius 3 is 2.62 bits per heavy atom. The van der Waals surface area contributed by atoms with E-state index in [2.05, 4.69) is 4.57 Å². The number of aromatic nitrogens is 1. The van der Waals surface area contributed by atoms with E-state index in [4.69, 9.17) is 9.47 Å². The van der Waals surface area contributed by atoms with Crippen LogP contribution in [0.5, 0.6) is 5.75 Å². The highest BCUT2D eigenvalue weighted by atomic mass is 32.2. The number of ketones is 1. The minimum atomic E-state index is 0.177. The third-order valence-corrected chi connectivity index (χ3v) is 4.79. The molecule has 0 atom stereocenters. The Hall–Kier alpha value is -1.72. The molecule has 24 heavy (non-hydrogen) atoms. The van der Waals surface area contributed by atoms with Crippen LogP contribution in [0.1, 0.15) is 21.7 Å². The highest BCUT2D eigenvalue weighted by Crippen LogP contribution is 2.18. The number of hydrogen-bond acceptors (Lipinski definition) is 4. The number of nitrogens with zero attached hydrogens (tertiary/aromatic N) is 1. The van der Waals surface area contributed by atoms with Crippen LogP contribution in [0.3, 0.4) is 0 Å². The average Bonchev–Trinajstić information content (AvgIpc) is 2.88. The van der Waals surface area contributed by atoms with E-state index in [9.17, 15) is 4.79 Å². The number of para-hydroxylation sites is 1. The molecule has 5 heteroatoms.